The molecule has 0 unspecified atom stereocenters. The molecule has 0 saturated heterocycles. The molecule has 0 fully saturated rings. The number of benzene rings is 1. The van der Waals surface area contributed by atoms with Crippen LogP contribution in [0.25, 0.3) is 0 Å². The minimum atomic E-state index is -0.636. The second-order valence-corrected chi connectivity index (χ2v) is 7.01. The Morgan fingerprint density at radius 2 is 2.22 bits per heavy atom. The van der Waals surface area contributed by atoms with Crippen molar-refractivity contribution in [2.24, 2.45) is 0 Å². The maximum absolute atomic E-state index is 12.3. The van der Waals surface area contributed by atoms with E-state index in [9.17, 15) is 20.2 Å². The summed E-state index contributed by atoms with van der Waals surface area (Å²) in [5.41, 5.74) is 1.95. The van der Waals surface area contributed by atoms with Gasteiger partial charge in [0.2, 0.25) is 0 Å². The van der Waals surface area contributed by atoms with Gasteiger partial charge in [0.15, 0.2) is 5.78 Å². The molecular weight excluding hydrogens is 366 g/mol. The molecule has 7 nitrogen and oxygen atoms in total. The van der Waals surface area contributed by atoms with Gasteiger partial charge in [0, 0.05) is 35.8 Å². The number of allylic oxidation sites excluding steroid dienone is 3. The average Bonchev–Trinajstić information content (AvgIpc) is 2.64. The second kappa shape index (κ2) is 9.35. The van der Waals surface area contributed by atoms with E-state index >= 15 is 0 Å². The van der Waals surface area contributed by atoms with Crippen molar-refractivity contribution < 1.29 is 14.5 Å². The predicted octanol–water partition coefficient (Wildman–Crippen LogP) is 3.65. The van der Waals surface area contributed by atoms with Crippen LogP contribution in [0, 0.1) is 21.4 Å². The quantitative estimate of drug-likeness (QED) is 0.412. The van der Waals surface area contributed by atoms with Crippen LogP contribution in [-0.2, 0) is 9.53 Å². The molecule has 0 bridgehead atoms. The van der Waals surface area contributed by atoms with Crippen LogP contribution >= 0.6 is 11.8 Å². The molecule has 0 spiro atoms. The number of nitro groups is 1. The third kappa shape index (κ3) is 4.76. The number of nitriles is 1. The van der Waals surface area contributed by atoms with Crippen LogP contribution in [0.2, 0.25) is 0 Å². The second-order valence-electron chi connectivity index (χ2n) is 5.90. The van der Waals surface area contributed by atoms with E-state index in [1.807, 2.05) is 6.92 Å². The van der Waals surface area contributed by atoms with E-state index in [4.69, 9.17) is 4.74 Å². The van der Waals surface area contributed by atoms with Crippen molar-refractivity contribution in [1.29, 1.82) is 5.26 Å². The van der Waals surface area contributed by atoms with Crippen molar-refractivity contribution >= 4 is 23.2 Å². The van der Waals surface area contributed by atoms with Crippen LogP contribution in [0.15, 0.2) is 46.1 Å². The Balaban J connectivity index is 2.52. The monoisotopic (exact) mass is 387 g/mol. The van der Waals surface area contributed by atoms with Gasteiger partial charge < -0.3 is 10.1 Å². The molecule has 0 saturated carbocycles. The summed E-state index contributed by atoms with van der Waals surface area (Å²) in [6.45, 7) is 6.27. The SMILES string of the molecule is CCOCCSC1=C(C#N)[C@H](c2cccc([N+](=O)[O-])c2)C(C(C)=O)=C(C)N1. The maximum Gasteiger partial charge on any atom is 0.269 e. The first-order chi connectivity index (χ1) is 12.9. The highest BCUT2D eigenvalue weighted by Gasteiger charge is 2.33. The van der Waals surface area contributed by atoms with Crippen LogP contribution < -0.4 is 5.32 Å². The van der Waals surface area contributed by atoms with E-state index in [2.05, 4.69) is 11.4 Å². The molecule has 1 aromatic carbocycles. The van der Waals surface area contributed by atoms with Crippen LogP contribution in [-0.4, -0.2) is 29.7 Å². The molecule has 0 aromatic heterocycles. The van der Waals surface area contributed by atoms with E-state index in [1.165, 1.54) is 30.8 Å². The molecule has 1 atom stereocenters. The minimum absolute atomic E-state index is 0.0746. The Hall–Kier alpha value is -2.63. The standard InChI is InChI=1S/C19H21N3O4S/c1-4-26-8-9-27-19-16(11-20)18(17(13(3)23)12(2)21-19)14-6-5-7-15(10-14)22(24)25/h5-7,10,18,21H,4,8-9H2,1-3H3/t18-/m0/s1. The zero-order valence-corrected chi connectivity index (χ0v) is 16.3. The number of nitrogens with zero attached hydrogens (tertiary/aromatic N) is 2. The Morgan fingerprint density at radius 1 is 1.48 bits per heavy atom. The predicted molar refractivity (Wildman–Crippen MR) is 104 cm³/mol. The lowest BCUT2D eigenvalue weighted by Crippen LogP contribution is -2.27. The van der Waals surface area contributed by atoms with Gasteiger partial charge in [0.05, 0.1) is 34.1 Å². The smallest absolute Gasteiger partial charge is 0.269 e. The van der Waals surface area contributed by atoms with Gasteiger partial charge in [-0.25, -0.2) is 0 Å². The number of Topliss-reactive ketones (excluding diaryl/α,β-unsaturated/α-hetero) is 1. The van der Waals surface area contributed by atoms with Gasteiger partial charge >= 0.3 is 0 Å². The van der Waals surface area contributed by atoms with Crippen molar-refractivity contribution in [2.75, 3.05) is 19.0 Å². The number of dihydropyridines is 1. The van der Waals surface area contributed by atoms with E-state index < -0.39 is 10.8 Å². The first-order valence-electron chi connectivity index (χ1n) is 8.48. The molecule has 142 valence electrons. The number of hydrogen-bond acceptors (Lipinski definition) is 7. The average molecular weight is 387 g/mol. The van der Waals surface area contributed by atoms with E-state index in [0.29, 0.717) is 46.4 Å². The molecule has 1 aliphatic heterocycles. The van der Waals surface area contributed by atoms with E-state index in [-0.39, 0.29) is 11.5 Å². The highest BCUT2D eigenvalue weighted by molar-refractivity contribution is 8.03. The van der Waals surface area contributed by atoms with E-state index in [0.717, 1.165) is 0 Å². The van der Waals surface area contributed by atoms with E-state index in [1.54, 1.807) is 19.1 Å². The number of nitro benzene ring substituents is 1. The molecule has 0 amide bonds. The zero-order valence-electron chi connectivity index (χ0n) is 15.4. The fourth-order valence-corrected chi connectivity index (χ4v) is 3.94. The van der Waals surface area contributed by atoms with Gasteiger partial charge in [-0.3, -0.25) is 14.9 Å². The summed E-state index contributed by atoms with van der Waals surface area (Å²) in [6.07, 6.45) is 0. The first-order valence-corrected chi connectivity index (χ1v) is 9.47. The molecule has 1 aliphatic rings. The summed E-state index contributed by atoms with van der Waals surface area (Å²) >= 11 is 1.44. The topological polar surface area (TPSA) is 105 Å². The Bertz CT molecular complexity index is 855. The number of non-ortho nitro benzene ring substituents is 1. The number of rotatable bonds is 8. The summed E-state index contributed by atoms with van der Waals surface area (Å²) < 4.78 is 5.34. The fraction of sp³-hybridized carbons (Fsp3) is 0.368. The number of thioether (sulfide) groups is 1. The third-order valence-corrected chi connectivity index (χ3v) is 5.10. The molecule has 1 heterocycles. The lowest BCUT2D eigenvalue weighted by molar-refractivity contribution is -0.384. The number of nitrogens with one attached hydrogen (secondary N) is 1. The molecule has 0 radical (unpaired) electrons. The van der Waals surface area contributed by atoms with Gasteiger partial charge in [-0.2, -0.15) is 5.26 Å². The highest BCUT2D eigenvalue weighted by atomic mass is 32.2. The van der Waals surface area contributed by atoms with Crippen LogP contribution in [0.1, 0.15) is 32.3 Å². The summed E-state index contributed by atoms with van der Waals surface area (Å²) in [7, 11) is 0. The van der Waals surface area contributed by atoms with Crippen LogP contribution in [0.4, 0.5) is 5.69 Å². The number of carbonyl (C=O) groups is 1. The molecule has 1 N–H and O–H groups in total. The number of ether oxygens (including phenoxy) is 1. The third-order valence-electron chi connectivity index (χ3n) is 4.12. The van der Waals surface area contributed by atoms with Crippen molar-refractivity contribution in [2.45, 2.75) is 26.7 Å². The summed E-state index contributed by atoms with van der Waals surface area (Å²) in [5, 5.41) is 24.8. The van der Waals surface area contributed by atoms with Gasteiger partial charge in [-0.05, 0) is 26.3 Å². The Morgan fingerprint density at radius 3 is 2.81 bits per heavy atom. The molecular formula is C19H21N3O4S. The van der Waals surface area contributed by atoms with Crippen molar-refractivity contribution in [1.82, 2.24) is 5.32 Å². The van der Waals surface area contributed by atoms with Gasteiger partial charge in [0.25, 0.3) is 5.69 Å². The lowest BCUT2D eigenvalue weighted by atomic mass is 9.81. The van der Waals surface area contributed by atoms with Crippen molar-refractivity contribution in [3.8, 4) is 6.07 Å². The molecule has 27 heavy (non-hydrogen) atoms. The van der Waals surface area contributed by atoms with Gasteiger partial charge in [-0.15, -0.1) is 11.8 Å². The maximum atomic E-state index is 12.3. The fourth-order valence-electron chi connectivity index (χ4n) is 2.99. The first kappa shape index (κ1) is 20.7. The minimum Gasteiger partial charge on any atom is -0.381 e. The number of ketones is 1. The molecule has 2 rings (SSSR count). The lowest BCUT2D eigenvalue weighted by Gasteiger charge is -2.29. The normalized spacial score (nSPS) is 16.7. The van der Waals surface area contributed by atoms with Crippen molar-refractivity contribution in [3.05, 3.63) is 61.8 Å². The zero-order chi connectivity index (χ0) is 20.0. The van der Waals surface area contributed by atoms with Gasteiger partial charge in [0.1, 0.15) is 0 Å². The molecule has 8 heteroatoms. The number of hydrogen-bond donors (Lipinski definition) is 1. The largest absolute Gasteiger partial charge is 0.381 e. The summed E-state index contributed by atoms with van der Waals surface area (Å²) in [4.78, 5) is 23.0. The molecule has 1 aromatic rings. The van der Waals surface area contributed by atoms with Crippen LogP contribution in [0.5, 0.6) is 0 Å². The Labute approximate surface area is 162 Å². The van der Waals surface area contributed by atoms with Crippen LogP contribution in [0.3, 0.4) is 0 Å². The summed E-state index contributed by atoms with van der Waals surface area (Å²) in [5.74, 6) is -0.169. The summed E-state index contributed by atoms with van der Waals surface area (Å²) in [6, 6.07) is 8.29. The number of carbonyl (C=O) groups excluding carboxylic acids is 1. The van der Waals surface area contributed by atoms with Gasteiger partial charge in [-0.1, -0.05) is 12.1 Å². The Kier molecular flexibility index (Phi) is 7.16. The van der Waals surface area contributed by atoms with Crippen molar-refractivity contribution in [3.63, 3.8) is 0 Å². The molecule has 0 aliphatic carbocycles. The highest BCUT2D eigenvalue weighted by Crippen LogP contribution is 2.41.